The Labute approximate surface area is 168 Å². The molecule has 1 amide bonds. The van der Waals surface area contributed by atoms with Gasteiger partial charge in [-0.15, -0.1) is 10.2 Å². The van der Waals surface area contributed by atoms with Gasteiger partial charge < -0.3 is 5.32 Å². The second-order valence-corrected chi connectivity index (χ2v) is 7.11. The highest BCUT2D eigenvalue weighted by Gasteiger charge is 2.30. The third kappa shape index (κ3) is 5.46. The highest BCUT2D eigenvalue weighted by atomic mass is 35.5. The van der Waals surface area contributed by atoms with Crippen molar-refractivity contribution in [2.45, 2.75) is 11.2 Å². The summed E-state index contributed by atoms with van der Waals surface area (Å²) in [6, 6.07) is 15.1. The van der Waals surface area contributed by atoms with Gasteiger partial charge in [0, 0.05) is 16.3 Å². The second-order valence-electron chi connectivity index (χ2n) is 5.68. The highest BCUT2D eigenvalue weighted by molar-refractivity contribution is 7.99. The molecule has 3 rings (SSSR count). The highest BCUT2D eigenvalue weighted by Crippen LogP contribution is 2.30. The van der Waals surface area contributed by atoms with Gasteiger partial charge in [-0.1, -0.05) is 41.6 Å². The van der Waals surface area contributed by atoms with Gasteiger partial charge in [-0.2, -0.15) is 13.2 Å². The van der Waals surface area contributed by atoms with Gasteiger partial charge in [0.15, 0.2) is 0 Å². The normalized spacial score (nSPS) is 11.3. The van der Waals surface area contributed by atoms with Crippen molar-refractivity contribution in [3.8, 4) is 11.3 Å². The Bertz CT molecular complexity index is 963. The number of benzene rings is 2. The molecule has 0 aliphatic rings. The number of thioether (sulfide) groups is 1. The quantitative estimate of drug-likeness (QED) is 0.547. The van der Waals surface area contributed by atoms with E-state index in [0.717, 1.165) is 29.5 Å². The predicted octanol–water partition coefficient (Wildman–Crippen LogP) is 5.55. The molecule has 144 valence electrons. The summed E-state index contributed by atoms with van der Waals surface area (Å²) in [5.41, 5.74) is 0.788. The molecule has 0 bridgehead atoms. The van der Waals surface area contributed by atoms with Crippen molar-refractivity contribution in [2.75, 3.05) is 11.1 Å². The van der Waals surface area contributed by atoms with Crippen LogP contribution in [0, 0.1) is 0 Å². The number of nitrogens with one attached hydrogen (secondary N) is 1. The maximum absolute atomic E-state index is 12.7. The van der Waals surface area contributed by atoms with Crippen LogP contribution in [0.2, 0.25) is 5.02 Å². The molecule has 2 aromatic carbocycles. The first kappa shape index (κ1) is 20.2. The lowest BCUT2D eigenvalue weighted by atomic mass is 10.1. The van der Waals surface area contributed by atoms with Gasteiger partial charge in [-0.3, -0.25) is 4.79 Å². The smallest absolute Gasteiger partial charge is 0.325 e. The third-order valence-electron chi connectivity index (χ3n) is 3.60. The van der Waals surface area contributed by atoms with Crippen LogP contribution < -0.4 is 5.32 Å². The fourth-order valence-electron chi connectivity index (χ4n) is 2.28. The average Bonchev–Trinajstić information content (AvgIpc) is 2.67. The third-order valence-corrected chi connectivity index (χ3v) is 4.78. The first-order valence-electron chi connectivity index (χ1n) is 8.01. The van der Waals surface area contributed by atoms with E-state index in [1.165, 1.54) is 12.1 Å². The van der Waals surface area contributed by atoms with Crippen molar-refractivity contribution in [3.05, 3.63) is 71.2 Å². The van der Waals surface area contributed by atoms with E-state index in [0.29, 0.717) is 15.7 Å². The van der Waals surface area contributed by atoms with E-state index in [-0.39, 0.29) is 11.4 Å². The van der Waals surface area contributed by atoms with Crippen molar-refractivity contribution in [2.24, 2.45) is 0 Å². The summed E-state index contributed by atoms with van der Waals surface area (Å²) < 4.78 is 38.1. The SMILES string of the molecule is O=C(CSc1ccc(-c2ccc(Cl)cc2)nn1)Nc1cccc(C(F)(F)F)c1. The van der Waals surface area contributed by atoms with Gasteiger partial charge in [0.05, 0.1) is 17.0 Å². The molecule has 0 aliphatic carbocycles. The Morgan fingerprint density at radius 1 is 1.04 bits per heavy atom. The van der Waals surface area contributed by atoms with Crippen LogP contribution in [-0.4, -0.2) is 21.9 Å². The predicted molar refractivity (Wildman–Crippen MR) is 103 cm³/mol. The summed E-state index contributed by atoms with van der Waals surface area (Å²) in [6.07, 6.45) is -4.46. The monoisotopic (exact) mass is 423 g/mol. The standard InChI is InChI=1S/C19H13ClF3N3OS/c20-14-6-4-12(5-7-14)16-8-9-18(26-25-16)28-11-17(27)24-15-3-1-2-13(10-15)19(21,22)23/h1-10H,11H2,(H,24,27). The number of carbonyl (C=O) groups excluding carboxylic acids is 1. The van der Waals surface area contributed by atoms with Crippen LogP contribution in [-0.2, 0) is 11.0 Å². The molecular weight excluding hydrogens is 411 g/mol. The van der Waals surface area contributed by atoms with E-state index in [4.69, 9.17) is 11.6 Å². The number of aromatic nitrogens is 2. The fourth-order valence-corrected chi connectivity index (χ4v) is 3.02. The Balaban J connectivity index is 1.57. The van der Waals surface area contributed by atoms with Gasteiger partial charge in [-0.05, 0) is 42.5 Å². The van der Waals surface area contributed by atoms with E-state index < -0.39 is 17.6 Å². The minimum absolute atomic E-state index is 0.00871. The Morgan fingerprint density at radius 3 is 2.43 bits per heavy atom. The zero-order valence-electron chi connectivity index (χ0n) is 14.2. The van der Waals surface area contributed by atoms with Crippen LogP contribution in [0.5, 0.6) is 0 Å². The van der Waals surface area contributed by atoms with Gasteiger partial charge in [0.2, 0.25) is 5.91 Å². The minimum atomic E-state index is -4.46. The molecule has 0 atom stereocenters. The lowest BCUT2D eigenvalue weighted by molar-refractivity contribution is -0.137. The number of hydrogen-bond acceptors (Lipinski definition) is 4. The lowest BCUT2D eigenvalue weighted by Crippen LogP contribution is -2.15. The van der Waals surface area contributed by atoms with E-state index in [9.17, 15) is 18.0 Å². The molecule has 9 heteroatoms. The first-order chi connectivity index (χ1) is 13.3. The van der Waals surface area contributed by atoms with E-state index in [2.05, 4.69) is 15.5 Å². The summed E-state index contributed by atoms with van der Waals surface area (Å²) in [6.45, 7) is 0. The summed E-state index contributed by atoms with van der Waals surface area (Å²) in [4.78, 5) is 12.0. The molecule has 0 aliphatic heterocycles. The van der Waals surface area contributed by atoms with Gasteiger partial charge in [0.1, 0.15) is 5.03 Å². The van der Waals surface area contributed by atoms with Crippen molar-refractivity contribution in [1.29, 1.82) is 0 Å². The van der Waals surface area contributed by atoms with Crippen molar-refractivity contribution in [3.63, 3.8) is 0 Å². The fraction of sp³-hybridized carbons (Fsp3) is 0.105. The van der Waals surface area contributed by atoms with Gasteiger partial charge >= 0.3 is 6.18 Å². The molecule has 0 fully saturated rings. The number of amides is 1. The molecule has 1 heterocycles. The van der Waals surface area contributed by atoms with Crippen LogP contribution in [0.1, 0.15) is 5.56 Å². The summed E-state index contributed by atoms with van der Waals surface area (Å²) in [5.74, 6) is -0.446. The van der Waals surface area contributed by atoms with Crippen LogP contribution in [0.15, 0.2) is 65.7 Å². The van der Waals surface area contributed by atoms with Crippen LogP contribution in [0.25, 0.3) is 11.3 Å². The zero-order chi connectivity index (χ0) is 20.1. The maximum Gasteiger partial charge on any atom is 0.416 e. The minimum Gasteiger partial charge on any atom is -0.325 e. The number of carbonyl (C=O) groups is 1. The van der Waals surface area contributed by atoms with E-state index >= 15 is 0 Å². The molecule has 0 saturated carbocycles. The molecule has 0 unspecified atom stereocenters. The molecule has 1 aromatic heterocycles. The molecule has 0 spiro atoms. The molecule has 0 saturated heterocycles. The number of halogens is 4. The van der Waals surface area contributed by atoms with Crippen molar-refractivity contribution in [1.82, 2.24) is 10.2 Å². The second kappa shape index (κ2) is 8.62. The van der Waals surface area contributed by atoms with Crippen molar-refractivity contribution >= 4 is 35.0 Å². The maximum atomic E-state index is 12.7. The Hall–Kier alpha value is -2.58. The number of alkyl halides is 3. The Morgan fingerprint density at radius 2 is 1.79 bits per heavy atom. The molecule has 28 heavy (non-hydrogen) atoms. The topological polar surface area (TPSA) is 54.9 Å². The van der Waals surface area contributed by atoms with Crippen LogP contribution in [0.3, 0.4) is 0 Å². The van der Waals surface area contributed by atoms with Crippen LogP contribution in [0.4, 0.5) is 18.9 Å². The number of anilines is 1. The molecule has 3 aromatic rings. The molecular formula is C19H13ClF3N3OS. The zero-order valence-corrected chi connectivity index (χ0v) is 15.8. The van der Waals surface area contributed by atoms with Crippen molar-refractivity contribution < 1.29 is 18.0 Å². The molecule has 0 radical (unpaired) electrons. The first-order valence-corrected chi connectivity index (χ1v) is 9.37. The summed E-state index contributed by atoms with van der Waals surface area (Å²) >= 11 is 6.99. The van der Waals surface area contributed by atoms with E-state index in [1.54, 1.807) is 24.3 Å². The number of hydrogen-bond donors (Lipinski definition) is 1. The lowest BCUT2D eigenvalue weighted by Gasteiger charge is -2.09. The van der Waals surface area contributed by atoms with Crippen LogP contribution >= 0.6 is 23.4 Å². The van der Waals surface area contributed by atoms with E-state index in [1.807, 2.05) is 12.1 Å². The summed E-state index contributed by atoms with van der Waals surface area (Å²) in [5, 5.41) is 11.8. The summed E-state index contributed by atoms with van der Waals surface area (Å²) in [7, 11) is 0. The number of nitrogens with zero attached hydrogens (tertiary/aromatic N) is 2. The molecule has 4 nitrogen and oxygen atoms in total. The molecule has 1 N–H and O–H groups in total. The number of rotatable bonds is 5. The largest absolute Gasteiger partial charge is 0.416 e. The average molecular weight is 424 g/mol. The van der Waals surface area contributed by atoms with Gasteiger partial charge in [0.25, 0.3) is 0 Å². The van der Waals surface area contributed by atoms with Gasteiger partial charge in [-0.25, -0.2) is 0 Å². The Kier molecular flexibility index (Phi) is 6.21.